The van der Waals surface area contributed by atoms with Crippen molar-refractivity contribution < 1.29 is 27.5 Å². The number of alkyl halides is 3. The summed E-state index contributed by atoms with van der Waals surface area (Å²) in [6.45, 7) is 3.88. The summed E-state index contributed by atoms with van der Waals surface area (Å²) < 4.78 is 42.7. The van der Waals surface area contributed by atoms with Crippen LogP contribution in [0, 0.1) is 13.8 Å². The van der Waals surface area contributed by atoms with Gasteiger partial charge in [0.25, 0.3) is 0 Å². The lowest BCUT2D eigenvalue weighted by atomic mass is 9.96. The van der Waals surface area contributed by atoms with Crippen LogP contribution in [0.15, 0.2) is 78.0 Å². The number of hydrogen-bond donors (Lipinski definition) is 1. The fourth-order valence-corrected chi connectivity index (χ4v) is 6.61. The second kappa shape index (κ2) is 12.4. The molecule has 1 N–H and O–H groups in total. The summed E-state index contributed by atoms with van der Waals surface area (Å²) in [7, 11) is 0. The summed E-state index contributed by atoms with van der Waals surface area (Å²) in [6.07, 6.45) is -0.767. The first-order valence-electron chi connectivity index (χ1n) is 14.3. The maximum atomic E-state index is 12.9. The molecule has 6 rings (SSSR count). The van der Waals surface area contributed by atoms with E-state index in [4.69, 9.17) is 0 Å². The van der Waals surface area contributed by atoms with E-state index in [0.29, 0.717) is 16.7 Å². The monoisotopic (exact) mass is 634 g/mol. The molecule has 4 aromatic rings. The number of nitrogens with one attached hydrogen (secondary N) is 1. The molecule has 0 bridgehead atoms. The number of anilines is 1. The molecule has 13 heteroatoms. The van der Waals surface area contributed by atoms with Gasteiger partial charge in [-0.05, 0) is 80.0 Å². The van der Waals surface area contributed by atoms with Crippen molar-refractivity contribution in [3.8, 4) is 22.8 Å². The van der Waals surface area contributed by atoms with Gasteiger partial charge in [0.05, 0.1) is 17.1 Å². The average molecular weight is 635 g/mol. The predicted octanol–water partition coefficient (Wildman–Crippen LogP) is 6.93. The van der Waals surface area contributed by atoms with Gasteiger partial charge in [0.2, 0.25) is 5.91 Å². The number of carbonyl (C=O) groups is 2. The van der Waals surface area contributed by atoms with Crippen LogP contribution in [0.5, 0.6) is 5.75 Å². The summed E-state index contributed by atoms with van der Waals surface area (Å²) in [6, 6.07) is 18.6. The molecule has 1 saturated heterocycles. The van der Waals surface area contributed by atoms with Crippen molar-refractivity contribution in [2.24, 2.45) is 4.99 Å². The largest absolute Gasteiger partial charge is 0.573 e. The highest BCUT2D eigenvalue weighted by Crippen LogP contribution is 2.36. The summed E-state index contributed by atoms with van der Waals surface area (Å²) in [5.74, 6) is 0.571. The average Bonchev–Trinajstić information content (AvgIpc) is 3.75. The molecule has 3 aromatic carbocycles. The summed E-state index contributed by atoms with van der Waals surface area (Å²) in [4.78, 5) is 35.8. The van der Waals surface area contributed by atoms with Crippen LogP contribution in [0.1, 0.15) is 41.9 Å². The Balaban J connectivity index is 1.06. The molecule has 2 fully saturated rings. The molecule has 3 amide bonds. The number of amides is 3. The van der Waals surface area contributed by atoms with Crippen LogP contribution in [0.2, 0.25) is 0 Å². The van der Waals surface area contributed by atoms with Gasteiger partial charge >= 0.3 is 12.4 Å². The number of thioether (sulfide) groups is 1. The van der Waals surface area contributed by atoms with E-state index in [1.807, 2.05) is 56.3 Å². The lowest BCUT2D eigenvalue weighted by molar-refractivity contribution is -0.274. The van der Waals surface area contributed by atoms with E-state index in [9.17, 15) is 22.8 Å². The minimum atomic E-state index is -4.75. The van der Waals surface area contributed by atoms with E-state index < -0.39 is 12.4 Å². The van der Waals surface area contributed by atoms with Crippen molar-refractivity contribution in [2.45, 2.75) is 51.4 Å². The molecule has 0 spiro atoms. The van der Waals surface area contributed by atoms with Gasteiger partial charge in [-0.25, -0.2) is 14.5 Å². The normalized spacial score (nSPS) is 19.4. The molecule has 45 heavy (non-hydrogen) atoms. The first kappa shape index (κ1) is 30.4. The Kier molecular flexibility index (Phi) is 8.36. The fraction of sp³-hybridized carbons (Fsp3) is 0.281. The molecule has 9 nitrogen and oxygen atoms in total. The van der Waals surface area contributed by atoms with Gasteiger partial charge in [-0.2, -0.15) is 4.99 Å². The second-order valence-electron chi connectivity index (χ2n) is 11.0. The number of halogens is 3. The molecule has 232 valence electrons. The van der Waals surface area contributed by atoms with Gasteiger partial charge in [-0.15, -0.1) is 18.3 Å². The maximum absolute atomic E-state index is 12.9. The SMILES string of the molecule is Cc1cccc(C)c1N1C(=O)CSC1=NC(=O)NC1CCC(c2ccc(-c3ncn(-c4ccc(OC(F)(F)F)cc4)n3)cc2)C1. The lowest BCUT2D eigenvalue weighted by Gasteiger charge is -2.21. The van der Waals surface area contributed by atoms with Crippen molar-refractivity contribution in [1.29, 1.82) is 0 Å². The molecular weight excluding hydrogens is 605 g/mol. The molecule has 2 aliphatic rings. The number of aryl methyl sites for hydroxylation is 2. The third-order valence-electron chi connectivity index (χ3n) is 7.85. The van der Waals surface area contributed by atoms with E-state index in [1.165, 1.54) is 47.0 Å². The fourth-order valence-electron chi connectivity index (χ4n) is 5.76. The number of ether oxygens (including phenoxy) is 1. The molecular formula is C32H29F3N6O3S. The number of nitrogens with zero attached hydrogens (tertiary/aromatic N) is 5. The molecule has 1 aromatic heterocycles. The summed E-state index contributed by atoms with van der Waals surface area (Å²) >= 11 is 1.27. The summed E-state index contributed by atoms with van der Waals surface area (Å²) in [5.41, 5.74) is 5.14. The highest BCUT2D eigenvalue weighted by Gasteiger charge is 2.33. The first-order valence-corrected chi connectivity index (χ1v) is 15.3. The molecule has 0 radical (unpaired) electrons. The van der Waals surface area contributed by atoms with E-state index in [-0.39, 0.29) is 29.4 Å². The molecule has 1 aliphatic heterocycles. The van der Waals surface area contributed by atoms with Gasteiger partial charge < -0.3 is 10.1 Å². The van der Waals surface area contributed by atoms with Crippen LogP contribution in [0.25, 0.3) is 17.1 Å². The van der Waals surface area contributed by atoms with Gasteiger partial charge in [0.1, 0.15) is 12.1 Å². The quantitative estimate of drug-likeness (QED) is 0.247. The Hall–Kier alpha value is -4.65. The number of benzene rings is 3. The van der Waals surface area contributed by atoms with Crippen LogP contribution in [0.3, 0.4) is 0 Å². The van der Waals surface area contributed by atoms with Crippen LogP contribution in [-0.4, -0.2) is 50.0 Å². The number of aromatic nitrogens is 3. The van der Waals surface area contributed by atoms with Crippen LogP contribution in [-0.2, 0) is 4.79 Å². The molecule has 1 saturated carbocycles. The number of aliphatic imine (C=N–C) groups is 1. The number of para-hydroxylation sites is 1. The van der Waals surface area contributed by atoms with Crippen molar-refractivity contribution in [3.05, 3.63) is 89.7 Å². The Bertz CT molecular complexity index is 1730. The second-order valence-corrected chi connectivity index (χ2v) is 11.9. The van der Waals surface area contributed by atoms with Crippen molar-refractivity contribution >= 4 is 34.6 Å². The zero-order valence-corrected chi connectivity index (χ0v) is 25.2. The highest BCUT2D eigenvalue weighted by atomic mass is 32.2. The number of urea groups is 1. The Morgan fingerprint density at radius 1 is 1.02 bits per heavy atom. The van der Waals surface area contributed by atoms with Gasteiger partial charge in [0, 0.05) is 11.6 Å². The summed E-state index contributed by atoms with van der Waals surface area (Å²) in [5, 5.41) is 7.88. The van der Waals surface area contributed by atoms with E-state index in [1.54, 1.807) is 4.90 Å². The van der Waals surface area contributed by atoms with E-state index in [2.05, 4.69) is 25.1 Å². The zero-order chi connectivity index (χ0) is 31.7. The standard InChI is InChI=1S/C32H29F3N6O3S/c1-19-4-3-5-20(2)28(19)41-27(42)17-45-31(41)38-30(43)37-24-11-10-23(16-24)21-6-8-22(9-7-21)29-36-18-40(39-29)25-12-14-26(15-13-25)44-32(33,34)35/h3-9,12-15,18,23-24H,10-11,16-17H2,1-2H3,(H,37,43). The van der Waals surface area contributed by atoms with Crippen LogP contribution in [0.4, 0.5) is 23.7 Å². The van der Waals surface area contributed by atoms with E-state index in [0.717, 1.165) is 47.2 Å². The predicted molar refractivity (Wildman–Crippen MR) is 166 cm³/mol. The Labute approximate surface area is 261 Å². The third-order valence-corrected chi connectivity index (χ3v) is 8.78. The Morgan fingerprint density at radius 2 is 1.73 bits per heavy atom. The molecule has 2 unspecified atom stereocenters. The lowest BCUT2D eigenvalue weighted by Crippen LogP contribution is -2.34. The molecule has 2 heterocycles. The highest BCUT2D eigenvalue weighted by molar-refractivity contribution is 8.15. The molecule has 1 aliphatic carbocycles. The van der Waals surface area contributed by atoms with Crippen molar-refractivity contribution in [1.82, 2.24) is 20.1 Å². The topological polar surface area (TPSA) is 102 Å². The van der Waals surface area contributed by atoms with Crippen LogP contribution >= 0.6 is 11.8 Å². The number of amidine groups is 1. The minimum Gasteiger partial charge on any atom is -0.406 e. The first-order chi connectivity index (χ1) is 21.5. The van der Waals surface area contributed by atoms with Gasteiger partial charge in [-0.1, -0.05) is 54.2 Å². The number of rotatable bonds is 6. The number of carbonyl (C=O) groups excluding carboxylic acids is 2. The minimum absolute atomic E-state index is 0.0347. The maximum Gasteiger partial charge on any atom is 0.573 e. The molecule has 2 atom stereocenters. The van der Waals surface area contributed by atoms with Crippen molar-refractivity contribution in [2.75, 3.05) is 10.7 Å². The zero-order valence-electron chi connectivity index (χ0n) is 24.4. The van der Waals surface area contributed by atoms with Crippen molar-refractivity contribution in [3.63, 3.8) is 0 Å². The van der Waals surface area contributed by atoms with Gasteiger partial charge in [-0.3, -0.25) is 9.69 Å². The Morgan fingerprint density at radius 3 is 2.42 bits per heavy atom. The van der Waals surface area contributed by atoms with Crippen LogP contribution < -0.4 is 15.0 Å². The third kappa shape index (κ3) is 6.88. The smallest absolute Gasteiger partial charge is 0.406 e. The van der Waals surface area contributed by atoms with Gasteiger partial charge in [0.15, 0.2) is 11.0 Å². The van der Waals surface area contributed by atoms with E-state index >= 15 is 0 Å². The number of hydrogen-bond acceptors (Lipinski definition) is 6.